The quantitative estimate of drug-likeness (QED) is 0.559. The number of anilines is 1. The highest BCUT2D eigenvalue weighted by Gasteiger charge is 2.27. The van der Waals surface area contributed by atoms with Gasteiger partial charge in [-0.05, 0) is 38.0 Å². The Hall–Kier alpha value is -3.44. The smallest absolute Gasteiger partial charge is 0.142 e. The number of H-pyrrole nitrogens is 1. The summed E-state index contributed by atoms with van der Waals surface area (Å²) in [5.41, 5.74) is 3.09. The van der Waals surface area contributed by atoms with E-state index in [4.69, 9.17) is 10.2 Å². The molecule has 5 rings (SSSR count). The van der Waals surface area contributed by atoms with Gasteiger partial charge in [0.15, 0.2) is 0 Å². The van der Waals surface area contributed by atoms with Crippen molar-refractivity contribution in [3.63, 3.8) is 0 Å². The number of aliphatic hydroxyl groups excluding tert-OH is 1. The summed E-state index contributed by atoms with van der Waals surface area (Å²) in [7, 11) is 0. The van der Waals surface area contributed by atoms with Crippen LogP contribution in [0.5, 0.6) is 0 Å². The summed E-state index contributed by atoms with van der Waals surface area (Å²) in [5, 5.41) is 20.5. The van der Waals surface area contributed by atoms with Crippen LogP contribution in [0.2, 0.25) is 0 Å². The van der Waals surface area contributed by atoms with Crippen LogP contribution < -0.4 is 4.90 Å². The lowest BCUT2D eigenvalue weighted by Gasteiger charge is -2.34. The molecular weight excluding hydrogens is 366 g/mol. The minimum Gasteiger partial charge on any atom is -0.385 e. The highest BCUT2D eigenvalue weighted by Crippen LogP contribution is 2.34. The van der Waals surface area contributed by atoms with Crippen LogP contribution in [0.1, 0.15) is 43.4 Å². The number of rotatable bonds is 3. The van der Waals surface area contributed by atoms with E-state index in [9.17, 15) is 5.11 Å². The second-order valence-corrected chi connectivity index (χ2v) is 7.46. The lowest BCUT2D eigenvalue weighted by molar-refractivity contribution is 0.179. The molecule has 0 saturated carbocycles. The van der Waals surface area contributed by atoms with Crippen molar-refractivity contribution in [1.29, 1.82) is 5.26 Å². The third kappa shape index (κ3) is 2.91. The normalized spacial score (nSPS) is 16.4. The molecule has 0 aliphatic carbocycles. The monoisotopic (exact) mass is 387 g/mol. The predicted octanol–water partition coefficient (Wildman–Crippen LogP) is 3.07. The molecule has 0 spiro atoms. The maximum absolute atomic E-state index is 10.4. The fourth-order valence-electron chi connectivity index (χ4n) is 4.29. The van der Waals surface area contributed by atoms with Crippen LogP contribution in [0.25, 0.3) is 22.1 Å². The standard InChI is InChI=1S/C21H21N7O/c1-13(29)21-26-17-12-24-20-16(5-8-23-20)19(17)28(21)15-6-9-27(10-7-15)18-4-2-3-14(11-22)25-18/h2-5,8,12-13,15,29H,6-7,9-10H2,1H3,(H,23,24). The summed E-state index contributed by atoms with van der Waals surface area (Å²) in [5.74, 6) is 1.52. The summed E-state index contributed by atoms with van der Waals surface area (Å²) < 4.78 is 2.20. The minimum atomic E-state index is -0.664. The summed E-state index contributed by atoms with van der Waals surface area (Å²) in [4.78, 5) is 18.9. The number of imidazole rings is 1. The summed E-state index contributed by atoms with van der Waals surface area (Å²) in [6.45, 7) is 3.41. The lowest BCUT2D eigenvalue weighted by atomic mass is 10.0. The molecule has 1 aliphatic heterocycles. The number of aromatic amines is 1. The number of fused-ring (bicyclic) bond motifs is 3. The molecule has 29 heavy (non-hydrogen) atoms. The molecular formula is C21H21N7O. The molecule has 1 saturated heterocycles. The molecule has 0 aromatic carbocycles. The molecule has 4 aromatic heterocycles. The Bertz CT molecular complexity index is 1230. The summed E-state index contributed by atoms with van der Waals surface area (Å²) in [6, 6.07) is 9.89. The van der Waals surface area contributed by atoms with E-state index in [0.717, 1.165) is 53.8 Å². The molecule has 0 amide bonds. The Labute approximate surface area is 167 Å². The molecule has 146 valence electrons. The number of nitrogens with one attached hydrogen (secondary N) is 1. The number of aromatic nitrogens is 5. The van der Waals surface area contributed by atoms with Gasteiger partial charge in [0.2, 0.25) is 0 Å². The van der Waals surface area contributed by atoms with Gasteiger partial charge >= 0.3 is 0 Å². The highest BCUT2D eigenvalue weighted by atomic mass is 16.3. The molecule has 1 fully saturated rings. The first kappa shape index (κ1) is 17.6. The zero-order valence-electron chi connectivity index (χ0n) is 16.1. The van der Waals surface area contributed by atoms with Crippen molar-refractivity contribution in [2.24, 2.45) is 0 Å². The topological polar surface area (TPSA) is 107 Å². The van der Waals surface area contributed by atoms with E-state index < -0.39 is 6.10 Å². The third-order valence-corrected chi connectivity index (χ3v) is 5.64. The van der Waals surface area contributed by atoms with Crippen LogP contribution in [-0.2, 0) is 0 Å². The van der Waals surface area contributed by atoms with E-state index in [2.05, 4.69) is 30.5 Å². The van der Waals surface area contributed by atoms with Crippen molar-refractivity contribution in [2.45, 2.75) is 31.9 Å². The van der Waals surface area contributed by atoms with Gasteiger partial charge in [-0.25, -0.2) is 15.0 Å². The molecule has 4 aromatic rings. The van der Waals surface area contributed by atoms with Crippen molar-refractivity contribution in [2.75, 3.05) is 18.0 Å². The van der Waals surface area contributed by atoms with Crippen molar-refractivity contribution in [1.82, 2.24) is 24.5 Å². The van der Waals surface area contributed by atoms with Crippen LogP contribution >= 0.6 is 0 Å². The zero-order valence-corrected chi connectivity index (χ0v) is 16.1. The Morgan fingerprint density at radius 2 is 2.07 bits per heavy atom. The van der Waals surface area contributed by atoms with Gasteiger partial charge in [0, 0.05) is 30.7 Å². The number of aliphatic hydroxyl groups is 1. The van der Waals surface area contributed by atoms with Gasteiger partial charge in [-0.1, -0.05) is 6.07 Å². The predicted molar refractivity (Wildman–Crippen MR) is 109 cm³/mol. The fourth-order valence-corrected chi connectivity index (χ4v) is 4.29. The van der Waals surface area contributed by atoms with Crippen LogP contribution in [0, 0.1) is 11.3 Å². The zero-order chi connectivity index (χ0) is 20.0. The average molecular weight is 387 g/mol. The molecule has 1 atom stereocenters. The molecule has 8 heteroatoms. The number of pyridine rings is 2. The van der Waals surface area contributed by atoms with E-state index in [1.807, 2.05) is 24.4 Å². The number of hydrogen-bond acceptors (Lipinski definition) is 6. The molecule has 8 nitrogen and oxygen atoms in total. The molecule has 1 aliphatic rings. The second-order valence-electron chi connectivity index (χ2n) is 7.46. The maximum Gasteiger partial charge on any atom is 0.142 e. The van der Waals surface area contributed by atoms with E-state index >= 15 is 0 Å². The second kappa shape index (κ2) is 6.87. The molecule has 5 heterocycles. The number of piperidine rings is 1. The SMILES string of the molecule is CC(O)c1nc2cnc3[nH]ccc3c2n1C1CCN(c2cccc(C#N)n2)CC1. The van der Waals surface area contributed by atoms with Crippen molar-refractivity contribution in [3.8, 4) is 6.07 Å². The van der Waals surface area contributed by atoms with Crippen LogP contribution in [-0.4, -0.2) is 42.7 Å². The van der Waals surface area contributed by atoms with Crippen molar-refractivity contribution >= 4 is 27.9 Å². The van der Waals surface area contributed by atoms with Crippen molar-refractivity contribution < 1.29 is 5.11 Å². The van der Waals surface area contributed by atoms with Crippen LogP contribution in [0.4, 0.5) is 5.82 Å². The van der Waals surface area contributed by atoms with Gasteiger partial charge in [0.25, 0.3) is 0 Å². The first-order chi connectivity index (χ1) is 14.2. The maximum atomic E-state index is 10.4. The summed E-state index contributed by atoms with van der Waals surface area (Å²) >= 11 is 0. The Kier molecular flexibility index (Phi) is 4.18. The summed E-state index contributed by atoms with van der Waals surface area (Å²) in [6.07, 6.45) is 4.79. The Morgan fingerprint density at radius 1 is 1.24 bits per heavy atom. The van der Waals surface area contributed by atoms with Gasteiger partial charge in [0.1, 0.15) is 40.7 Å². The highest BCUT2D eigenvalue weighted by molar-refractivity contribution is 6.01. The molecule has 0 bridgehead atoms. The van der Waals surface area contributed by atoms with E-state index in [1.165, 1.54) is 0 Å². The van der Waals surface area contributed by atoms with Crippen LogP contribution in [0.3, 0.4) is 0 Å². The minimum absolute atomic E-state index is 0.223. The van der Waals surface area contributed by atoms with Crippen molar-refractivity contribution in [3.05, 3.63) is 48.2 Å². The van der Waals surface area contributed by atoms with E-state index in [0.29, 0.717) is 11.5 Å². The average Bonchev–Trinajstić information content (AvgIpc) is 3.38. The van der Waals surface area contributed by atoms with Gasteiger partial charge in [0.05, 0.1) is 11.7 Å². The number of hydrogen-bond donors (Lipinski definition) is 2. The molecule has 2 N–H and O–H groups in total. The Morgan fingerprint density at radius 3 is 2.83 bits per heavy atom. The fraction of sp³-hybridized carbons (Fsp3) is 0.333. The van der Waals surface area contributed by atoms with Gasteiger partial charge in [-0.2, -0.15) is 5.26 Å². The largest absolute Gasteiger partial charge is 0.385 e. The van der Waals surface area contributed by atoms with Gasteiger partial charge in [-0.15, -0.1) is 0 Å². The Balaban J connectivity index is 1.51. The third-order valence-electron chi connectivity index (χ3n) is 5.64. The van der Waals surface area contributed by atoms with Gasteiger partial charge in [-0.3, -0.25) is 0 Å². The van der Waals surface area contributed by atoms with Crippen LogP contribution in [0.15, 0.2) is 36.7 Å². The number of nitriles is 1. The van der Waals surface area contributed by atoms with Gasteiger partial charge < -0.3 is 19.6 Å². The lowest BCUT2D eigenvalue weighted by Crippen LogP contribution is -2.35. The molecule has 0 radical (unpaired) electrons. The van der Waals surface area contributed by atoms with E-state index in [1.54, 1.807) is 19.2 Å². The first-order valence-corrected chi connectivity index (χ1v) is 9.80. The van der Waals surface area contributed by atoms with E-state index in [-0.39, 0.29) is 6.04 Å². The first-order valence-electron chi connectivity index (χ1n) is 9.80. The molecule has 1 unspecified atom stereocenters. The number of nitrogens with zero attached hydrogens (tertiary/aromatic N) is 6.